The van der Waals surface area contributed by atoms with Crippen molar-refractivity contribution in [2.45, 2.75) is 39.5 Å². The van der Waals surface area contributed by atoms with E-state index in [4.69, 9.17) is 5.73 Å². The lowest BCUT2D eigenvalue weighted by Gasteiger charge is -2.10. The van der Waals surface area contributed by atoms with Gasteiger partial charge >= 0.3 is 0 Å². The molecule has 1 unspecified atom stereocenters. The molecular weight excluding hydrogens is 234 g/mol. The Kier molecular flexibility index (Phi) is 6.72. The van der Waals surface area contributed by atoms with E-state index in [0.29, 0.717) is 18.4 Å². The maximum atomic E-state index is 5.83. The van der Waals surface area contributed by atoms with Crippen LogP contribution in [0.3, 0.4) is 0 Å². The first-order chi connectivity index (χ1) is 9.17. The Balaban J connectivity index is 2.52. The van der Waals surface area contributed by atoms with Crippen molar-refractivity contribution < 1.29 is 0 Å². The van der Waals surface area contributed by atoms with E-state index in [2.05, 4.69) is 54.5 Å². The summed E-state index contributed by atoms with van der Waals surface area (Å²) in [5, 5.41) is 3.11. The van der Waals surface area contributed by atoms with Crippen LogP contribution in [0.2, 0.25) is 0 Å². The molecule has 0 saturated heterocycles. The van der Waals surface area contributed by atoms with Crippen LogP contribution in [-0.2, 0) is 0 Å². The Hall–Kier alpha value is -1.77. The molecule has 104 valence electrons. The summed E-state index contributed by atoms with van der Waals surface area (Å²) < 4.78 is 0. The number of nitrogens with two attached hydrogens (primary N) is 1. The van der Waals surface area contributed by atoms with Crippen molar-refractivity contribution >= 4 is 11.6 Å². The molecule has 0 heterocycles. The van der Waals surface area contributed by atoms with Crippen LogP contribution >= 0.6 is 0 Å². The average Bonchev–Trinajstić information content (AvgIpc) is 2.43. The molecule has 0 aromatic heterocycles. The standard InChI is InChI=1S/C16H25N3/c1-4-6-7-12-18-16(17)19-15-10-8-14(9-11-15)13(3)5-2/h4,6,8-11,13H,5,7,12H2,1-3H3,(H3,17,18,19)/b6-4+. The van der Waals surface area contributed by atoms with Gasteiger partial charge < -0.3 is 11.1 Å². The van der Waals surface area contributed by atoms with Crippen molar-refractivity contribution in [3.05, 3.63) is 42.0 Å². The normalized spacial score (nSPS) is 13.7. The van der Waals surface area contributed by atoms with Crippen LogP contribution in [-0.4, -0.2) is 12.5 Å². The molecule has 0 aliphatic carbocycles. The molecule has 1 rings (SSSR count). The molecule has 1 aromatic rings. The fraction of sp³-hybridized carbons (Fsp3) is 0.438. The quantitative estimate of drug-likeness (QED) is 0.352. The summed E-state index contributed by atoms with van der Waals surface area (Å²) in [6.07, 6.45) is 6.18. The molecule has 0 aliphatic heterocycles. The molecule has 0 bridgehead atoms. The molecule has 3 nitrogen and oxygen atoms in total. The van der Waals surface area contributed by atoms with Gasteiger partial charge in [0.2, 0.25) is 0 Å². The van der Waals surface area contributed by atoms with Crippen molar-refractivity contribution in [1.82, 2.24) is 0 Å². The summed E-state index contributed by atoms with van der Waals surface area (Å²) in [6, 6.07) is 8.39. The van der Waals surface area contributed by atoms with Gasteiger partial charge in [-0.05, 0) is 43.4 Å². The largest absolute Gasteiger partial charge is 0.370 e. The van der Waals surface area contributed by atoms with E-state index < -0.39 is 0 Å². The topological polar surface area (TPSA) is 50.4 Å². The predicted octanol–water partition coefficient (Wildman–Crippen LogP) is 3.89. The lowest BCUT2D eigenvalue weighted by atomic mass is 9.99. The zero-order valence-electron chi connectivity index (χ0n) is 12.2. The monoisotopic (exact) mass is 259 g/mol. The molecule has 0 aliphatic rings. The van der Waals surface area contributed by atoms with Crippen LogP contribution in [0.15, 0.2) is 41.4 Å². The Morgan fingerprint density at radius 3 is 2.63 bits per heavy atom. The van der Waals surface area contributed by atoms with Gasteiger partial charge in [-0.3, -0.25) is 4.99 Å². The van der Waals surface area contributed by atoms with E-state index in [-0.39, 0.29) is 0 Å². The molecule has 1 aromatic carbocycles. The maximum Gasteiger partial charge on any atom is 0.193 e. The van der Waals surface area contributed by atoms with Crippen LogP contribution < -0.4 is 11.1 Å². The predicted molar refractivity (Wildman–Crippen MR) is 84.7 cm³/mol. The third kappa shape index (κ3) is 5.60. The van der Waals surface area contributed by atoms with Gasteiger partial charge in [-0.1, -0.05) is 38.1 Å². The van der Waals surface area contributed by atoms with Crippen molar-refractivity contribution in [2.24, 2.45) is 10.7 Å². The van der Waals surface area contributed by atoms with Crippen molar-refractivity contribution in [3.8, 4) is 0 Å². The van der Waals surface area contributed by atoms with E-state index in [1.165, 1.54) is 5.56 Å². The fourth-order valence-corrected chi connectivity index (χ4v) is 1.74. The lowest BCUT2D eigenvalue weighted by molar-refractivity contribution is 0.734. The Bertz CT molecular complexity index is 418. The number of anilines is 1. The van der Waals surface area contributed by atoms with Gasteiger partial charge in [0, 0.05) is 12.2 Å². The highest BCUT2D eigenvalue weighted by Gasteiger charge is 2.02. The second kappa shape index (κ2) is 8.35. The highest BCUT2D eigenvalue weighted by atomic mass is 15.1. The Labute approximate surface area is 116 Å². The van der Waals surface area contributed by atoms with Crippen LogP contribution in [0, 0.1) is 0 Å². The van der Waals surface area contributed by atoms with Crippen LogP contribution in [0.4, 0.5) is 5.69 Å². The number of aliphatic imine (C=N–C) groups is 1. The molecule has 0 amide bonds. The van der Waals surface area contributed by atoms with Gasteiger partial charge in [-0.25, -0.2) is 0 Å². The number of guanidine groups is 1. The number of allylic oxidation sites excluding steroid dienone is 1. The summed E-state index contributed by atoms with van der Waals surface area (Å²) in [6.45, 7) is 7.16. The van der Waals surface area contributed by atoms with Crippen molar-refractivity contribution in [2.75, 3.05) is 11.9 Å². The average molecular weight is 259 g/mol. The summed E-state index contributed by atoms with van der Waals surface area (Å²) in [4.78, 5) is 4.26. The number of hydrogen-bond donors (Lipinski definition) is 2. The van der Waals surface area contributed by atoms with Crippen LogP contribution in [0.25, 0.3) is 0 Å². The number of hydrogen-bond acceptors (Lipinski definition) is 1. The van der Waals surface area contributed by atoms with Gasteiger partial charge in [0.1, 0.15) is 0 Å². The van der Waals surface area contributed by atoms with Gasteiger partial charge in [-0.15, -0.1) is 0 Å². The summed E-state index contributed by atoms with van der Waals surface area (Å²) >= 11 is 0. The lowest BCUT2D eigenvalue weighted by Crippen LogP contribution is -2.22. The minimum absolute atomic E-state index is 0.473. The van der Waals surface area contributed by atoms with Gasteiger partial charge in [-0.2, -0.15) is 0 Å². The third-order valence-corrected chi connectivity index (χ3v) is 3.18. The summed E-state index contributed by atoms with van der Waals surface area (Å²) in [5.74, 6) is 1.07. The fourth-order valence-electron chi connectivity index (χ4n) is 1.74. The number of nitrogens with zero attached hydrogens (tertiary/aromatic N) is 1. The Morgan fingerprint density at radius 1 is 1.37 bits per heavy atom. The zero-order chi connectivity index (χ0) is 14.1. The zero-order valence-corrected chi connectivity index (χ0v) is 12.2. The van der Waals surface area contributed by atoms with E-state index >= 15 is 0 Å². The van der Waals surface area contributed by atoms with Crippen LogP contribution in [0.1, 0.15) is 45.1 Å². The molecule has 1 atom stereocenters. The van der Waals surface area contributed by atoms with Gasteiger partial charge in [0.05, 0.1) is 0 Å². The first-order valence-corrected chi connectivity index (χ1v) is 6.95. The molecular formula is C16H25N3. The van der Waals surface area contributed by atoms with Crippen molar-refractivity contribution in [3.63, 3.8) is 0 Å². The van der Waals surface area contributed by atoms with E-state index in [1.54, 1.807) is 0 Å². The smallest absolute Gasteiger partial charge is 0.193 e. The SMILES string of the molecule is C/C=C/CCN=C(N)Nc1ccc(C(C)CC)cc1. The van der Waals surface area contributed by atoms with E-state index in [1.807, 2.05) is 13.0 Å². The molecule has 0 spiro atoms. The Morgan fingerprint density at radius 2 is 2.05 bits per heavy atom. The van der Waals surface area contributed by atoms with Gasteiger partial charge in [0.25, 0.3) is 0 Å². The maximum absolute atomic E-state index is 5.83. The molecule has 3 N–H and O–H groups in total. The number of rotatable bonds is 6. The molecule has 0 saturated carbocycles. The first kappa shape index (κ1) is 15.3. The highest BCUT2D eigenvalue weighted by Crippen LogP contribution is 2.20. The molecule has 19 heavy (non-hydrogen) atoms. The molecule has 3 heteroatoms. The number of nitrogens with one attached hydrogen (secondary N) is 1. The third-order valence-electron chi connectivity index (χ3n) is 3.18. The van der Waals surface area contributed by atoms with Crippen LogP contribution in [0.5, 0.6) is 0 Å². The summed E-state index contributed by atoms with van der Waals surface area (Å²) in [5.41, 5.74) is 8.17. The van der Waals surface area contributed by atoms with Gasteiger partial charge in [0.15, 0.2) is 5.96 Å². The first-order valence-electron chi connectivity index (χ1n) is 6.95. The molecule has 0 fully saturated rings. The summed E-state index contributed by atoms with van der Waals surface area (Å²) in [7, 11) is 0. The molecule has 0 radical (unpaired) electrons. The van der Waals surface area contributed by atoms with E-state index in [9.17, 15) is 0 Å². The van der Waals surface area contributed by atoms with Crippen molar-refractivity contribution in [1.29, 1.82) is 0 Å². The number of benzene rings is 1. The minimum Gasteiger partial charge on any atom is -0.370 e. The second-order valence-corrected chi connectivity index (χ2v) is 4.68. The highest BCUT2D eigenvalue weighted by molar-refractivity contribution is 5.92. The minimum atomic E-state index is 0.473. The second-order valence-electron chi connectivity index (χ2n) is 4.68. The van der Waals surface area contributed by atoms with E-state index in [0.717, 1.165) is 18.5 Å².